The van der Waals surface area contributed by atoms with E-state index in [4.69, 9.17) is 8.83 Å². The molecule has 0 amide bonds. The van der Waals surface area contributed by atoms with Gasteiger partial charge in [-0.05, 0) is 102 Å². The summed E-state index contributed by atoms with van der Waals surface area (Å²) < 4.78 is 12.8. The molecule has 0 aliphatic carbocycles. The predicted octanol–water partition coefficient (Wildman–Crippen LogP) is 13.4. The largest absolute Gasteiger partial charge is 0.452 e. The summed E-state index contributed by atoms with van der Waals surface area (Å²) in [6, 6.07) is 56.9. The number of benzene rings is 9. The molecule has 2 nitrogen and oxygen atoms in total. The zero-order valence-electron chi connectivity index (χ0n) is 25.8. The molecule has 0 fully saturated rings. The number of fused-ring (bicyclic) bond motifs is 12. The van der Waals surface area contributed by atoms with Crippen LogP contribution in [-0.4, -0.2) is 0 Å². The van der Waals surface area contributed by atoms with Gasteiger partial charge in [0.25, 0.3) is 0 Å². The lowest BCUT2D eigenvalue weighted by atomic mass is 9.85. The molecule has 0 aliphatic rings. The van der Waals surface area contributed by atoms with Gasteiger partial charge in [0.05, 0.1) is 0 Å². The Hall–Kier alpha value is -6.38. The fraction of sp³-hybridized carbons (Fsp3) is 0. The van der Waals surface area contributed by atoms with Crippen molar-refractivity contribution in [3.8, 4) is 22.3 Å². The summed E-state index contributed by atoms with van der Waals surface area (Å²) in [5.41, 5.74) is 8.22. The van der Waals surface area contributed by atoms with Gasteiger partial charge in [-0.3, -0.25) is 0 Å². The maximum Gasteiger partial charge on any atom is 0.178 e. The summed E-state index contributed by atoms with van der Waals surface area (Å²) in [6.07, 6.45) is 0. The van der Waals surface area contributed by atoms with E-state index in [0.717, 1.165) is 43.9 Å². The first-order chi connectivity index (χ1) is 23.8. The second-order valence-electron chi connectivity index (χ2n) is 12.8. The highest BCUT2D eigenvalue weighted by molar-refractivity contribution is 6.24. The highest BCUT2D eigenvalue weighted by Crippen LogP contribution is 2.46. The Bertz CT molecular complexity index is 3060. The maximum absolute atomic E-state index is 6.51. The number of hydrogen-bond donors (Lipinski definition) is 0. The first-order valence-electron chi connectivity index (χ1n) is 16.4. The topological polar surface area (TPSA) is 26.3 Å². The summed E-state index contributed by atoms with van der Waals surface area (Å²) in [5, 5.41) is 14.4. The van der Waals surface area contributed by atoms with E-state index in [-0.39, 0.29) is 0 Å². The molecule has 2 heterocycles. The lowest BCUT2D eigenvalue weighted by Crippen LogP contribution is -1.91. The van der Waals surface area contributed by atoms with Gasteiger partial charge >= 0.3 is 0 Å². The van der Waals surface area contributed by atoms with E-state index in [2.05, 4.69) is 140 Å². The number of para-hydroxylation sites is 1. The second kappa shape index (κ2) is 9.57. The molecule has 2 heteroatoms. The van der Waals surface area contributed by atoms with Crippen molar-refractivity contribution < 1.29 is 8.83 Å². The van der Waals surface area contributed by atoms with Crippen LogP contribution in [0.5, 0.6) is 0 Å². The Morgan fingerprint density at radius 2 is 0.729 bits per heavy atom. The van der Waals surface area contributed by atoms with Crippen molar-refractivity contribution in [2.45, 2.75) is 0 Å². The Morgan fingerprint density at radius 1 is 0.271 bits per heavy atom. The molecule has 0 saturated heterocycles. The highest BCUT2D eigenvalue weighted by Gasteiger charge is 2.20. The van der Waals surface area contributed by atoms with Gasteiger partial charge in [0.2, 0.25) is 0 Å². The molecule has 0 N–H and O–H groups in total. The van der Waals surface area contributed by atoms with Crippen molar-refractivity contribution in [2.75, 3.05) is 0 Å². The molecule has 0 spiro atoms. The van der Waals surface area contributed by atoms with Crippen LogP contribution in [0.4, 0.5) is 0 Å². The van der Waals surface area contributed by atoms with Crippen LogP contribution in [0.15, 0.2) is 167 Å². The van der Waals surface area contributed by atoms with Crippen molar-refractivity contribution >= 4 is 87.0 Å². The molecule has 0 bridgehead atoms. The summed E-state index contributed by atoms with van der Waals surface area (Å²) in [7, 11) is 0. The Kier molecular flexibility index (Phi) is 5.14. The third-order valence-corrected chi connectivity index (χ3v) is 10.2. The van der Waals surface area contributed by atoms with Gasteiger partial charge in [0.1, 0.15) is 11.2 Å². The van der Waals surface area contributed by atoms with E-state index in [1.54, 1.807) is 0 Å². The van der Waals surface area contributed by atoms with Gasteiger partial charge in [-0.1, -0.05) is 121 Å². The predicted molar refractivity (Wildman–Crippen MR) is 202 cm³/mol. The van der Waals surface area contributed by atoms with Crippen LogP contribution in [0.1, 0.15) is 0 Å². The molecule has 11 rings (SSSR count). The van der Waals surface area contributed by atoms with E-state index in [9.17, 15) is 0 Å². The third kappa shape index (κ3) is 3.52. The molecule has 0 atom stereocenters. The number of furan rings is 2. The summed E-state index contributed by atoms with van der Waals surface area (Å²) in [6.45, 7) is 0. The molecule has 0 saturated carbocycles. The van der Waals surface area contributed by atoms with Crippen molar-refractivity contribution in [3.63, 3.8) is 0 Å². The number of hydrogen-bond acceptors (Lipinski definition) is 2. The molecular formula is C46H26O2. The Balaban J connectivity index is 1.17. The van der Waals surface area contributed by atoms with E-state index in [1.165, 1.54) is 65.3 Å². The monoisotopic (exact) mass is 610 g/mol. The quantitative estimate of drug-likeness (QED) is 0.144. The zero-order chi connectivity index (χ0) is 31.3. The minimum Gasteiger partial charge on any atom is -0.452 e. The lowest BCUT2D eigenvalue weighted by Gasteiger charge is -2.18. The fourth-order valence-electron chi connectivity index (χ4n) is 8.09. The first kappa shape index (κ1) is 25.8. The van der Waals surface area contributed by atoms with Crippen molar-refractivity contribution in [2.24, 2.45) is 0 Å². The van der Waals surface area contributed by atoms with Gasteiger partial charge in [0, 0.05) is 21.5 Å². The van der Waals surface area contributed by atoms with E-state index in [0.29, 0.717) is 0 Å². The maximum atomic E-state index is 6.51. The molecule has 0 aliphatic heterocycles. The summed E-state index contributed by atoms with van der Waals surface area (Å²) in [5.74, 6) is 0. The molecule has 0 unspecified atom stereocenters. The lowest BCUT2D eigenvalue weighted by molar-refractivity contribution is 0.633. The molecule has 48 heavy (non-hydrogen) atoms. The van der Waals surface area contributed by atoms with Crippen LogP contribution in [0.3, 0.4) is 0 Å². The second-order valence-corrected chi connectivity index (χ2v) is 12.8. The van der Waals surface area contributed by atoms with Crippen molar-refractivity contribution in [1.82, 2.24) is 0 Å². The van der Waals surface area contributed by atoms with Crippen LogP contribution in [0.25, 0.3) is 109 Å². The molecule has 0 radical (unpaired) electrons. The molecule has 222 valence electrons. The van der Waals surface area contributed by atoms with Crippen molar-refractivity contribution in [3.05, 3.63) is 158 Å². The average molecular weight is 611 g/mol. The summed E-state index contributed by atoms with van der Waals surface area (Å²) >= 11 is 0. The standard InChI is InChI=1S/C46H26O2/c1-2-10-31-27(9-1)17-18-28-25-29(19-21-32(28)31)43-34-12-3-5-14-36(34)44(37-15-6-4-13-35(37)43)30-20-24-42-40(26-30)39-23-22-38-33-11-7-8-16-41(33)47-45(38)46(39)48-42/h1-26H. The zero-order valence-corrected chi connectivity index (χ0v) is 25.8. The van der Waals surface area contributed by atoms with Crippen LogP contribution in [-0.2, 0) is 0 Å². The first-order valence-corrected chi connectivity index (χ1v) is 16.4. The van der Waals surface area contributed by atoms with Crippen LogP contribution in [0.2, 0.25) is 0 Å². The SMILES string of the molecule is c1ccc2c(c1)ccc1cc(-c3c4ccccc4c(-c4ccc5oc6c(ccc7c8ccccc8oc76)c5c4)c4ccccc34)ccc12. The van der Waals surface area contributed by atoms with Gasteiger partial charge in [-0.15, -0.1) is 0 Å². The average Bonchev–Trinajstić information content (AvgIpc) is 3.72. The molecular weight excluding hydrogens is 585 g/mol. The van der Waals surface area contributed by atoms with Crippen LogP contribution < -0.4 is 0 Å². The Morgan fingerprint density at radius 3 is 1.42 bits per heavy atom. The normalized spacial score (nSPS) is 12.2. The number of rotatable bonds is 2. The minimum atomic E-state index is 0.796. The van der Waals surface area contributed by atoms with Gasteiger partial charge in [-0.2, -0.15) is 0 Å². The van der Waals surface area contributed by atoms with Crippen molar-refractivity contribution in [1.29, 1.82) is 0 Å². The fourth-order valence-corrected chi connectivity index (χ4v) is 8.09. The van der Waals surface area contributed by atoms with Gasteiger partial charge < -0.3 is 8.83 Å². The van der Waals surface area contributed by atoms with Crippen LogP contribution >= 0.6 is 0 Å². The summed E-state index contributed by atoms with van der Waals surface area (Å²) in [4.78, 5) is 0. The molecule has 2 aromatic heterocycles. The third-order valence-electron chi connectivity index (χ3n) is 10.2. The smallest absolute Gasteiger partial charge is 0.178 e. The van der Waals surface area contributed by atoms with E-state index >= 15 is 0 Å². The molecule has 9 aromatic carbocycles. The van der Waals surface area contributed by atoms with Gasteiger partial charge in [-0.25, -0.2) is 0 Å². The molecule has 11 aromatic rings. The Labute approximate surface area is 275 Å². The van der Waals surface area contributed by atoms with Crippen LogP contribution in [0, 0.1) is 0 Å². The van der Waals surface area contributed by atoms with Gasteiger partial charge in [0.15, 0.2) is 11.2 Å². The minimum absolute atomic E-state index is 0.796. The highest BCUT2D eigenvalue weighted by atomic mass is 16.4. The van der Waals surface area contributed by atoms with E-state index < -0.39 is 0 Å². The van der Waals surface area contributed by atoms with E-state index in [1.807, 2.05) is 18.2 Å².